The molecule has 1 aromatic heterocycles. The molecule has 0 saturated carbocycles. The summed E-state index contributed by atoms with van der Waals surface area (Å²) in [7, 11) is 0. The van der Waals surface area contributed by atoms with E-state index in [2.05, 4.69) is 26.0 Å². The number of hydrazine groups is 1. The highest BCUT2D eigenvalue weighted by Gasteiger charge is 2.42. The lowest BCUT2D eigenvalue weighted by Crippen LogP contribution is -2.65. The van der Waals surface area contributed by atoms with E-state index in [1.807, 2.05) is 38.1 Å². The predicted octanol–water partition coefficient (Wildman–Crippen LogP) is 2.82. The van der Waals surface area contributed by atoms with Crippen LogP contribution in [0.4, 0.5) is 0 Å². The zero-order valence-corrected chi connectivity index (χ0v) is 24.8. The van der Waals surface area contributed by atoms with Gasteiger partial charge >= 0.3 is 5.97 Å². The maximum atomic E-state index is 13.3. The van der Waals surface area contributed by atoms with E-state index in [0.717, 1.165) is 10.9 Å². The first-order valence-corrected chi connectivity index (χ1v) is 14.1. The van der Waals surface area contributed by atoms with E-state index < -0.39 is 46.9 Å². The molecule has 4 rings (SSSR count). The van der Waals surface area contributed by atoms with Crippen molar-refractivity contribution < 1.29 is 23.9 Å². The number of cyclic esters (lactones) is 1. The molecule has 3 heterocycles. The predicted molar refractivity (Wildman–Crippen MR) is 154 cm³/mol. The molecule has 2 aliphatic heterocycles. The lowest BCUT2D eigenvalue weighted by molar-refractivity contribution is -0.164. The van der Waals surface area contributed by atoms with Gasteiger partial charge in [-0.05, 0) is 65.0 Å². The molecule has 11 heteroatoms. The van der Waals surface area contributed by atoms with Crippen molar-refractivity contribution in [2.75, 3.05) is 6.54 Å². The Morgan fingerprint density at radius 3 is 2.51 bits per heavy atom. The normalized spacial score (nSPS) is 28.7. The van der Waals surface area contributed by atoms with Gasteiger partial charge in [0.1, 0.15) is 17.6 Å². The summed E-state index contributed by atoms with van der Waals surface area (Å²) in [4.78, 5) is 62.3. The summed E-state index contributed by atoms with van der Waals surface area (Å²) in [5.41, 5.74) is 2.41. The van der Waals surface area contributed by atoms with Crippen LogP contribution in [-0.4, -0.2) is 62.8 Å². The second-order valence-electron chi connectivity index (χ2n) is 12.1. The Hall–Kier alpha value is -3.86. The average Bonchev–Trinajstić information content (AvgIpc) is 2.92. The smallest absolute Gasteiger partial charge is 0.328 e. The fraction of sp³-hybridized carbons (Fsp3) is 0.533. The summed E-state index contributed by atoms with van der Waals surface area (Å²) in [5, 5.41) is 7.79. The molecule has 2 aliphatic rings. The van der Waals surface area contributed by atoms with Crippen LogP contribution in [0, 0.1) is 11.3 Å². The van der Waals surface area contributed by atoms with Crippen molar-refractivity contribution in [2.45, 2.75) is 85.0 Å². The van der Waals surface area contributed by atoms with Gasteiger partial charge in [-0.1, -0.05) is 38.1 Å². The van der Waals surface area contributed by atoms with E-state index >= 15 is 0 Å². The summed E-state index contributed by atoms with van der Waals surface area (Å²) in [6.07, 6.45) is 5.56. The number of rotatable bonds is 1. The molecule has 3 amide bonds. The minimum atomic E-state index is -1.17. The SMILES string of the molecule is CC(C)[C@@H]1NC(=O)C(C)(C)/C=C/c2ccc3cnc(nc3c2)[C@@H](C)OC(=O)[C@]2(C)CCCN(N2)C(=O)[C@H](C)NC1=O. The second kappa shape index (κ2) is 11.6. The number of hydrogen-bond acceptors (Lipinski definition) is 8. The van der Waals surface area contributed by atoms with Crippen LogP contribution >= 0.6 is 0 Å². The first-order valence-electron chi connectivity index (χ1n) is 14.1. The molecule has 1 aromatic carbocycles. The Morgan fingerprint density at radius 2 is 1.80 bits per heavy atom. The number of nitrogens with one attached hydrogen (secondary N) is 3. The van der Waals surface area contributed by atoms with Crippen molar-refractivity contribution in [2.24, 2.45) is 11.3 Å². The number of carbonyl (C=O) groups is 4. The van der Waals surface area contributed by atoms with Gasteiger partial charge in [0.05, 0.1) is 10.9 Å². The third kappa shape index (κ3) is 6.56. The Balaban J connectivity index is 1.73. The van der Waals surface area contributed by atoms with E-state index in [1.54, 1.807) is 46.9 Å². The van der Waals surface area contributed by atoms with Gasteiger partial charge in [-0.15, -0.1) is 0 Å². The van der Waals surface area contributed by atoms with Crippen LogP contribution in [0.2, 0.25) is 0 Å². The largest absolute Gasteiger partial charge is 0.453 e. The summed E-state index contributed by atoms with van der Waals surface area (Å²) >= 11 is 0. The first-order chi connectivity index (χ1) is 19.2. The Kier molecular flexibility index (Phi) is 8.49. The molecule has 3 N–H and O–H groups in total. The minimum absolute atomic E-state index is 0.231. The highest BCUT2D eigenvalue weighted by atomic mass is 16.5. The summed E-state index contributed by atoms with van der Waals surface area (Å²) in [6, 6.07) is 3.90. The third-order valence-corrected chi connectivity index (χ3v) is 7.67. The number of benzene rings is 1. The minimum Gasteiger partial charge on any atom is -0.453 e. The Labute approximate surface area is 240 Å². The molecule has 1 fully saturated rings. The van der Waals surface area contributed by atoms with E-state index in [0.29, 0.717) is 30.7 Å². The number of hydrogen-bond donors (Lipinski definition) is 3. The molecule has 0 aliphatic carbocycles. The highest BCUT2D eigenvalue weighted by molar-refractivity contribution is 5.94. The first kappa shape index (κ1) is 30.1. The van der Waals surface area contributed by atoms with Crippen LogP contribution in [-0.2, 0) is 23.9 Å². The van der Waals surface area contributed by atoms with Gasteiger partial charge in [-0.3, -0.25) is 19.4 Å². The van der Waals surface area contributed by atoms with Crippen molar-refractivity contribution in [3.63, 3.8) is 0 Å². The van der Waals surface area contributed by atoms with Crippen LogP contribution in [0.25, 0.3) is 17.0 Å². The quantitative estimate of drug-likeness (QED) is 0.449. The maximum Gasteiger partial charge on any atom is 0.328 e. The molecule has 0 unspecified atom stereocenters. The lowest BCUT2D eigenvalue weighted by Gasteiger charge is -2.41. The second-order valence-corrected chi connectivity index (χ2v) is 12.1. The van der Waals surface area contributed by atoms with Gasteiger partial charge < -0.3 is 15.4 Å². The Morgan fingerprint density at radius 1 is 1.07 bits per heavy atom. The van der Waals surface area contributed by atoms with Crippen molar-refractivity contribution in [3.8, 4) is 0 Å². The molecule has 220 valence electrons. The molecule has 1 saturated heterocycles. The highest BCUT2D eigenvalue weighted by Crippen LogP contribution is 2.26. The van der Waals surface area contributed by atoms with Crippen LogP contribution < -0.4 is 16.1 Å². The van der Waals surface area contributed by atoms with Gasteiger partial charge in [0.2, 0.25) is 11.8 Å². The number of nitrogens with zero attached hydrogens (tertiary/aromatic N) is 3. The summed E-state index contributed by atoms with van der Waals surface area (Å²) < 4.78 is 5.79. The number of amides is 3. The molecule has 5 bridgehead atoms. The van der Waals surface area contributed by atoms with Crippen molar-refractivity contribution in [3.05, 3.63) is 41.9 Å². The fourth-order valence-corrected chi connectivity index (χ4v) is 4.85. The van der Waals surface area contributed by atoms with E-state index in [-0.39, 0.29) is 11.8 Å². The monoisotopic (exact) mass is 564 g/mol. The van der Waals surface area contributed by atoms with Crippen LogP contribution in [0.5, 0.6) is 0 Å². The number of fused-ring (bicyclic) bond motifs is 4. The molecular weight excluding hydrogens is 524 g/mol. The van der Waals surface area contributed by atoms with E-state index in [4.69, 9.17) is 4.74 Å². The topological polar surface area (TPSA) is 143 Å². The molecule has 0 radical (unpaired) electrons. The number of carbonyl (C=O) groups excluding carboxylic acids is 4. The van der Waals surface area contributed by atoms with Crippen molar-refractivity contribution >= 4 is 40.7 Å². The molecular formula is C30H40N6O5. The average molecular weight is 565 g/mol. The molecule has 41 heavy (non-hydrogen) atoms. The fourth-order valence-electron chi connectivity index (χ4n) is 4.85. The van der Waals surface area contributed by atoms with Gasteiger partial charge in [-0.25, -0.2) is 20.2 Å². The lowest BCUT2D eigenvalue weighted by atomic mass is 9.89. The van der Waals surface area contributed by atoms with Crippen LogP contribution in [0.3, 0.4) is 0 Å². The van der Waals surface area contributed by atoms with Gasteiger partial charge in [-0.2, -0.15) is 0 Å². The standard InChI is InChI=1S/C30H40N6O5/c1-17(2)23-25(37)32-18(3)26(38)36-14-8-12-30(7,35-36)28(40)41-19(4)24-31-16-21-10-9-20(15-22(21)33-24)11-13-29(5,6)27(39)34-23/h9-11,13,15-19,23,35H,8,12,14H2,1-7H3,(H,32,37)(H,34,39)/b13-11+/t18-,19+,23-,30-/m0/s1. The zero-order chi connectivity index (χ0) is 30.1. The molecule has 11 nitrogen and oxygen atoms in total. The number of aromatic nitrogens is 2. The molecule has 2 aromatic rings. The third-order valence-electron chi connectivity index (χ3n) is 7.67. The Bertz CT molecular complexity index is 1390. The van der Waals surface area contributed by atoms with Crippen molar-refractivity contribution in [1.29, 1.82) is 0 Å². The van der Waals surface area contributed by atoms with Gasteiger partial charge in [0, 0.05) is 18.1 Å². The molecule has 4 atom stereocenters. The zero-order valence-electron chi connectivity index (χ0n) is 24.8. The van der Waals surface area contributed by atoms with Crippen LogP contribution in [0.15, 0.2) is 30.5 Å². The van der Waals surface area contributed by atoms with Gasteiger partial charge in [0.25, 0.3) is 5.91 Å². The van der Waals surface area contributed by atoms with E-state index in [9.17, 15) is 19.2 Å². The number of esters is 1. The summed E-state index contributed by atoms with van der Waals surface area (Å²) in [6.45, 7) is 12.5. The van der Waals surface area contributed by atoms with Gasteiger partial charge in [0.15, 0.2) is 11.9 Å². The van der Waals surface area contributed by atoms with Crippen molar-refractivity contribution in [1.82, 2.24) is 31.0 Å². The number of ether oxygens (including phenoxy) is 1. The van der Waals surface area contributed by atoms with E-state index in [1.165, 1.54) is 5.01 Å². The molecule has 0 spiro atoms. The van der Waals surface area contributed by atoms with Crippen LogP contribution in [0.1, 0.15) is 78.8 Å². The maximum absolute atomic E-state index is 13.3. The summed E-state index contributed by atoms with van der Waals surface area (Å²) in [5.74, 6) is -1.60.